The van der Waals surface area contributed by atoms with E-state index in [2.05, 4.69) is 0 Å². The monoisotopic (exact) mass is 334 g/mol. The predicted molar refractivity (Wildman–Crippen MR) is 87.2 cm³/mol. The van der Waals surface area contributed by atoms with Crippen molar-refractivity contribution in [1.82, 2.24) is 9.80 Å². The summed E-state index contributed by atoms with van der Waals surface area (Å²) in [5.41, 5.74) is 0. The molecule has 23 heavy (non-hydrogen) atoms. The van der Waals surface area contributed by atoms with Crippen LogP contribution in [0.5, 0.6) is 0 Å². The number of hydrogen-bond acceptors (Lipinski definition) is 4. The van der Waals surface area contributed by atoms with Gasteiger partial charge in [0.25, 0.3) is 0 Å². The second-order valence-corrected chi connectivity index (χ2v) is 7.64. The number of rotatable bonds is 3. The summed E-state index contributed by atoms with van der Waals surface area (Å²) in [6.45, 7) is 2.18. The number of carbonyl (C=O) groups excluding carboxylic acids is 2. The fourth-order valence-corrected chi connectivity index (χ4v) is 4.87. The number of fused-ring (bicyclic) bond motifs is 1. The van der Waals surface area contributed by atoms with E-state index in [1.165, 1.54) is 0 Å². The van der Waals surface area contributed by atoms with Crippen LogP contribution >= 0.6 is 11.3 Å². The van der Waals surface area contributed by atoms with E-state index in [1.807, 2.05) is 27.3 Å². The van der Waals surface area contributed by atoms with Crippen molar-refractivity contribution < 1.29 is 14.3 Å². The van der Waals surface area contributed by atoms with E-state index in [1.54, 1.807) is 11.3 Å². The molecular formula is C17H22N2O3S. The summed E-state index contributed by atoms with van der Waals surface area (Å²) in [5.74, 6) is 0.387. The fourth-order valence-electron chi connectivity index (χ4n) is 4.17. The van der Waals surface area contributed by atoms with Crippen LogP contribution in [0.25, 0.3) is 0 Å². The summed E-state index contributed by atoms with van der Waals surface area (Å²) in [6, 6.07) is 4.17. The molecular weight excluding hydrogens is 312 g/mol. The molecule has 3 atom stereocenters. The third-order valence-corrected chi connectivity index (χ3v) is 6.11. The molecule has 4 rings (SSSR count). The maximum atomic E-state index is 12.8. The third-order valence-electron chi connectivity index (χ3n) is 5.23. The summed E-state index contributed by atoms with van der Waals surface area (Å²) in [4.78, 5) is 30.0. The van der Waals surface area contributed by atoms with Crippen molar-refractivity contribution in [3.63, 3.8) is 0 Å². The smallest absolute Gasteiger partial charge is 0.228 e. The van der Waals surface area contributed by atoms with Gasteiger partial charge in [0.1, 0.15) is 0 Å². The Kier molecular flexibility index (Phi) is 4.11. The Hall–Kier alpha value is -1.40. The van der Waals surface area contributed by atoms with E-state index in [-0.39, 0.29) is 30.0 Å². The van der Waals surface area contributed by atoms with Gasteiger partial charge in [-0.2, -0.15) is 0 Å². The van der Waals surface area contributed by atoms with Crippen LogP contribution in [0.1, 0.15) is 30.6 Å². The highest BCUT2D eigenvalue weighted by molar-refractivity contribution is 7.10. The van der Waals surface area contributed by atoms with Crippen molar-refractivity contribution in [2.45, 2.75) is 50.3 Å². The molecule has 0 saturated carbocycles. The Labute approximate surface area is 140 Å². The zero-order chi connectivity index (χ0) is 15.8. The first-order valence-corrected chi connectivity index (χ1v) is 9.35. The molecule has 0 N–H and O–H groups in total. The van der Waals surface area contributed by atoms with Gasteiger partial charge in [0, 0.05) is 31.0 Å². The van der Waals surface area contributed by atoms with Gasteiger partial charge in [-0.1, -0.05) is 6.07 Å². The van der Waals surface area contributed by atoms with E-state index >= 15 is 0 Å². The Morgan fingerprint density at radius 2 is 2.26 bits per heavy atom. The molecule has 0 bridgehead atoms. The topological polar surface area (TPSA) is 49.9 Å². The van der Waals surface area contributed by atoms with E-state index in [0.29, 0.717) is 19.4 Å². The molecule has 3 saturated heterocycles. The van der Waals surface area contributed by atoms with Crippen molar-refractivity contribution in [3.05, 3.63) is 22.4 Å². The molecule has 1 aromatic rings. The zero-order valence-corrected chi connectivity index (χ0v) is 14.0. The molecule has 5 nitrogen and oxygen atoms in total. The lowest BCUT2D eigenvalue weighted by atomic mass is 10.00. The van der Waals surface area contributed by atoms with Crippen LogP contribution in [0.2, 0.25) is 0 Å². The molecule has 4 heterocycles. The molecule has 0 aromatic carbocycles. The van der Waals surface area contributed by atoms with Crippen LogP contribution in [0.4, 0.5) is 0 Å². The van der Waals surface area contributed by atoms with Crippen LogP contribution in [0, 0.1) is 0 Å². The second kappa shape index (κ2) is 6.24. The van der Waals surface area contributed by atoms with Gasteiger partial charge in [-0.3, -0.25) is 9.59 Å². The lowest BCUT2D eigenvalue weighted by Crippen LogP contribution is -2.48. The Bertz CT molecular complexity index is 589. The van der Waals surface area contributed by atoms with Crippen molar-refractivity contribution in [3.8, 4) is 0 Å². The van der Waals surface area contributed by atoms with Crippen molar-refractivity contribution in [2.24, 2.45) is 0 Å². The molecule has 3 aliphatic rings. The molecule has 124 valence electrons. The number of nitrogens with zero attached hydrogens (tertiary/aromatic N) is 2. The lowest BCUT2D eigenvalue weighted by molar-refractivity contribution is -0.133. The third kappa shape index (κ3) is 2.78. The summed E-state index contributed by atoms with van der Waals surface area (Å²) in [6.07, 6.45) is 4.00. The molecule has 2 amide bonds. The maximum Gasteiger partial charge on any atom is 0.228 e. The van der Waals surface area contributed by atoms with E-state index in [4.69, 9.17) is 4.74 Å². The van der Waals surface area contributed by atoms with Gasteiger partial charge in [-0.05, 0) is 30.7 Å². The van der Waals surface area contributed by atoms with Gasteiger partial charge in [0.05, 0.1) is 24.6 Å². The van der Waals surface area contributed by atoms with Crippen LogP contribution in [0.15, 0.2) is 17.5 Å². The van der Waals surface area contributed by atoms with Crippen molar-refractivity contribution in [1.29, 1.82) is 0 Å². The number of hydrogen-bond donors (Lipinski definition) is 0. The number of thiophene rings is 1. The van der Waals surface area contributed by atoms with Gasteiger partial charge < -0.3 is 14.5 Å². The summed E-state index contributed by atoms with van der Waals surface area (Å²) in [5, 5.41) is 2.00. The molecule has 0 radical (unpaired) electrons. The van der Waals surface area contributed by atoms with Gasteiger partial charge in [0.2, 0.25) is 11.8 Å². The van der Waals surface area contributed by atoms with E-state index < -0.39 is 0 Å². The number of ether oxygens (including phenoxy) is 1. The van der Waals surface area contributed by atoms with Crippen molar-refractivity contribution in [2.75, 3.05) is 19.7 Å². The van der Waals surface area contributed by atoms with Gasteiger partial charge in [0.15, 0.2) is 0 Å². The van der Waals surface area contributed by atoms with Gasteiger partial charge in [-0.15, -0.1) is 11.3 Å². The Balaban J connectivity index is 1.52. The fraction of sp³-hybridized carbons (Fsp3) is 0.647. The standard InChI is InChI=1S/C17H22N2O3S/c20-15-6-1-7-18(15)14-11-19(13-5-2-8-22-17(13)14)16(21)10-12-4-3-9-23-12/h3-4,9,13-14,17H,1-2,5-8,10-11H2/t13-,14-,17+/m1/s1. The number of carbonyl (C=O) groups is 2. The minimum Gasteiger partial charge on any atom is -0.374 e. The first kappa shape index (κ1) is 15.1. The highest BCUT2D eigenvalue weighted by atomic mass is 32.1. The van der Waals surface area contributed by atoms with Crippen LogP contribution in [-0.2, 0) is 20.7 Å². The van der Waals surface area contributed by atoms with Crippen molar-refractivity contribution >= 4 is 23.2 Å². The SMILES string of the molecule is O=C1CCCN1[C@@H]1CN(C(=O)Cc2cccs2)[C@@H]2CCCO[C@H]12. The van der Waals surface area contributed by atoms with Crippen LogP contribution in [-0.4, -0.2) is 59.5 Å². The highest BCUT2D eigenvalue weighted by Gasteiger charge is 2.49. The quantitative estimate of drug-likeness (QED) is 0.845. The largest absolute Gasteiger partial charge is 0.374 e. The molecule has 0 spiro atoms. The predicted octanol–water partition coefficient (Wildman–Crippen LogP) is 1.67. The highest BCUT2D eigenvalue weighted by Crippen LogP contribution is 2.34. The van der Waals surface area contributed by atoms with E-state index in [9.17, 15) is 9.59 Å². The van der Waals surface area contributed by atoms with Gasteiger partial charge in [-0.25, -0.2) is 0 Å². The first-order valence-electron chi connectivity index (χ1n) is 8.47. The minimum atomic E-state index is -0.00177. The summed E-state index contributed by atoms with van der Waals surface area (Å²) >= 11 is 1.62. The average molecular weight is 334 g/mol. The van der Waals surface area contributed by atoms with Gasteiger partial charge >= 0.3 is 0 Å². The Morgan fingerprint density at radius 3 is 3.00 bits per heavy atom. The second-order valence-electron chi connectivity index (χ2n) is 6.61. The molecule has 3 fully saturated rings. The minimum absolute atomic E-state index is 0.00177. The summed E-state index contributed by atoms with van der Waals surface area (Å²) in [7, 11) is 0. The summed E-state index contributed by atoms with van der Waals surface area (Å²) < 4.78 is 6.01. The zero-order valence-electron chi connectivity index (χ0n) is 13.1. The molecule has 6 heteroatoms. The Morgan fingerprint density at radius 1 is 1.35 bits per heavy atom. The molecule has 1 aromatic heterocycles. The normalized spacial score (nSPS) is 30.8. The average Bonchev–Trinajstić information content (AvgIpc) is 3.26. The number of likely N-dealkylation sites (tertiary alicyclic amines) is 2. The lowest BCUT2D eigenvalue weighted by Gasteiger charge is -2.34. The van der Waals surface area contributed by atoms with Crippen LogP contribution in [0.3, 0.4) is 0 Å². The van der Waals surface area contributed by atoms with E-state index in [0.717, 1.165) is 37.3 Å². The molecule has 3 aliphatic heterocycles. The number of amides is 2. The molecule has 0 unspecified atom stereocenters. The maximum absolute atomic E-state index is 12.8. The molecule has 0 aliphatic carbocycles. The van der Waals surface area contributed by atoms with Crippen LogP contribution < -0.4 is 0 Å². The first-order chi connectivity index (χ1) is 11.2.